The van der Waals surface area contributed by atoms with Crippen LogP contribution in [0.1, 0.15) is 38.8 Å². The molecule has 0 aliphatic carbocycles. The Hall–Kier alpha value is -0.160. The molecule has 0 radical (unpaired) electrons. The number of halogens is 2. The van der Waals surface area contributed by atoms with Crippen LogP contribution in [0.2, 0.25) is 0 Å². The van der Waals surface area contributed by atoms with Gasteiger partial charge in [0.05, 0.1) is 12.2 Å². The van der Waals surface area contributed by atoms with Gasteiger partial charge in [-0.3, -0.25) is 0 Å². The molecule has 0 amide bonds. The van der Waals surface area contributed by atoms with Crippen molar-refractivity contribution in [2.75, 3.05) is 0 Å². The van der Waals surface area contributed by atoms with Crippen molar-refractivity contribution in [1.29, 1.82) is 0 Å². The first-order chi connectivity index (χ1) is 6.59. The lowest BCUT2D eigenvalue weighted by atomic mass is 9.96. The molecule has 2 rings (SSSR count). The first-order valence-corrected chi connectivity index (χ1v) is 5.02. The average molecular weight is 324 g/mol. The van der Waals surface area contributed by atoms with E-state index in [-0.39, 0.29) is 35.4 Å². The van der Waals surface area contributed by atoms with Crippen molar-refractivity contribution in [2.24, 2.45) is 0 Å². The molecule has 0 spiro atoms. The van der Waals surface area contributed by atoms with Crippen molar-refractivity contribution in [1.82, 2.24) is 0 Å². The number of hydrogen-bond acceptors (Lipinski definition) is 1. The molecule has 0 atom stereocenters. The third-order valence-electron chi connectivity index (χ3n) is 2.31. The number of rotatable bonds is 0. The lowest BCUT2D eigenvalue weighted by molar-refractivity contribution is -0.00798. The van der Waals surface area contributed by atoms with Crippen molar-refractivity contribution < 1.29 is 9.13 Å². The van der Waals surface area contributed by atoms with Gasteiger partial charge in [0.1, 0.15) is 5.82 Å². The normalized spacial score (nSPS) is 15.8. The first kappa shape index (κ1) is 14.8. The molecule has 0 bridgehead atoms. The summed E-state index contributed by atoms with van der Waals surface area (Å²) in [5, 5.41) is 0. The molecule has 0 saturated heterocycles. The third-order valence-corrected chi connectivity index (χ3v) is 2.31. The molecule has 86 valence electrons. The maximum atomic E-state index is 12.8. The average Bonchev–Trinajstić information content (AvgIpc) is 2.46. The summed E-state index contributed by atoms with van der Waals surface area (Å²) in [5.74, 6) is -0.188. The molecular weight excluding hydrogens is 306 g/mol. The van der Waals surface area contributed by atoms with E-state index < -0.39 is 0 Å². The molecule has 15 heavy (non-hydrogen) atoms. The highest BCUT2D eigenvalue weighted by Crippen LogP contribution is 2.35. The second kappa shape index (κ2) is 5.80. The Kier molecular flexibility index (Phi) is 5.73. The zero-order chi connectivity index (χ0) is 10.8. The molecule has 1 aliphatic rings. The fraction of sp³-hybridized carbons (Fsp3) is 0.500. The molecular formula is C12H18FIO. The van der Waals surface area contributed by atoms with Crippen LogP contribution in [0.15, 0.2) is 18.2 Å². The first-order valence-electron chi connectivity index (χ1n) is 5.02. The Bertz CT molecular complexity index is 323. The maximum absolute atomic E-state index is 12.8. The van der Waals surface area contributed by atoms with E-state index in [1.807, 2.05) is 27.7 Å². The lowest BCUT2D eigenvalue weighted by Gasteiger charge is -2.17. The largest absolute Gasteiger partial charge is 0.366 e. The van der Waals surface area contributed by atoms with Crippen LogP contribution < -0.4 is 0 Å². The van der Waals surface area contributed by atoms with Gasteiger partial charge in [0.15, 0.2) is 0 Å². The van der Waals surface area contributed by atoms with Crippen LogP contribution in [0.4, 0.5) is 4.39 Å². The number of hydrogen-bond donors (Lipinski definition) is 0. The van der Waals surface area contributed by atoms with Gasteiger partial charge in [-0.1, -0.05) is 19.9 Å². The highest BCUT2D eigenvalue weighted by Gasteiger charge is 2.30. The van der Waals surface area contributed by atoms with E-state index in [0.717, 1.165) is 11.1 Å². The van der Waals surface area contributed by atoms with E-state index in [9.17, 15) is 4.39 Å². The van der Waals surface area contributed by atoms with E-state index in [4.69, 9.17) is 4.74 Å². The van der Waals surface area contributed by atoms with E-state index in [1.54, 1.807) is 12.1 Å². The second-order valence-corrected chi connectivity index (χ2v) is 3.60. The Labute approximate surface area is 108 Å². The highest BCUT2D eigenvalue weighted by molar-refractivity contribution is 14.0. The van der Waals surface area contributed by atoms with Gasteiger partial charge < -0.3 is 4.74 Å². The van der Waals surface area contributed by atoms with Gasteiger partial charge in [-0.15, -0.1) is 24.0 Å². The van der Waals surface area contributed by atoms with Gasteiger partial charge in [-0.25, -0.2) is 4.39 Å². The monoisotopic (exact) mass is 324 g/mol. The van der Waals surface area contributed by atoms with E-state index >= 15 is 0 Å². The molecule has 1 heterocycles. The summed E-state index contributed by atoms with van der Waals surface area (Å²) in [6.07, 6.45) is 0. The molecule has 1 aliphatic heterocycles. The molecule has 1 aromatic carbocycles. The van der Waals surface area contributed by atoms with Crippen LogP contribution in [0.3, 0.4) is 0 Å². The van der Waals surface area contributed by atoms with Crippen molar-refractivity contribution in [2.45, 2.75) is 39.9 Å². The summed E-state index contributed by atoms with van der Waals surface area (Å²) in [7, 11) is 0. The van der Waals surface area contributed by atoms with Crippen LogP contribution in [0, 0.1) is 5.82 Å². The molecule has 1 aromatic rings. The molecule has 0 unspecified atom stereocenters. The predicted octanol–water partition coefficient (Wildman–Crippen LogP) is 4.24. The minimum Gasteiger partial charge on any atom is -0.366 e. The molecule has 0 aromatic heterocycles. The van der Waals surface area contributed by atoms with E-state index in [2.05, 4.69) is 0 Å². The van der Waals surface area contributed by atoms with Crippen LogP contribution in [0.25, 0.3) is 0 Å². The minimum absolute atomic E-state index is 0. The summed E-state index contributed by atoms with van der Waals surface area (Å²) >= 11 is 0. The zero-order valence-corrected chi connectivity index (χ0v) is 12.0. The van der Waals surface area contributed by atoms with Gasteiger partial charge in [0, 0.05) is 0 Å². The lowest BCUT2D eigenvalue weighted by Crippen LogP contribution is -2.14. The van der Waals surface area contributed by atoms with Crippen molar-refractivity contribution >= 4 is 24.0 Å². The molecule has 1 nitrogen and oxygen atoms in total. The zero-order valence-electron chi connectivity index (χ0n) is 9.63. The van der Waals surface area contributed by atoms with Crippen LogP contribution in [-0.2, 0) is 16.9 Å². The second-order valence-electron chi connectivity index (χ2n) is 3.60. The molecule has 0 fully saturated rings. The Balaban J connectivity index is 0.000000617. The molecule has 0 N–H and O–H groups in total. The Morgan fingerprint density at radius 2 is 1.87 bits per heavy atom. The maximum Gasteiger partial charge on any atom is 0.123 e. The summed E-state index contributed by atoms with van der Waals surface area (Å²) in [6, 6.07) is 4.82. The smallest absolute Gasteiger partial charge is 0.123 e. The summed E-state index contributed by atoms with van der Waals surface area (Å²) < 4.78 is 18.3. The van der Waals surface area contributed by atoms with Gasteiger partial charge in [-0.05, 0) is 37.1 Å². The van der Waals surface area contributed by atoms with Crippen molar-refractivity contribution in [3.05, 3.63) is 35.1 Å². The van der Waals surface area contributed by atoms with Crippen molar-refractivity contribution in [3.63, 3.8) is 0 Å². The van der Waals surface area contributed by atoms with Gasteiger partial charge in [-0.2, -0.15) is 0 Å². The number of benzene rings is 1. The van der Waals surface area contributed by atoms with E-state index in [1.165, 1.54) is 6.07 Å². The molecule has 3 heteroatoms. The van der Waals surface area contributed by atoms with Crippen LogP contribution >= 0.6 is 24.0 Å². The van der Waals surface area contributed by atoms with Crippen LogP contribution in [-0.4, -0.2) is 0 Å². The minimum atomic E-state index is -0.322. The van der Waals surface area contributed by atoms with Crippen molar-refractivity contribution in [3.8, 4) is 0 Å². The Morgan fingerprint density at radius 1 is 1.27 bits per heavy atom. The Morgan fingerprint density at radius 3 is 2.47 bits per heavy atom. The van der Waals surface area contributed by atoms with Gasteiger partial charge in [0.25, 0.3) is 0 Å². The van der Waals surface area contributed by atoms with Gasteiger partial charge in [0.2, 0.25) is 0 Å². The fourth-order valence-corrected chi connectivity index (χ4v) is 1.57. The summed E-state index contributed by atoms with van der Waals surface area (Å²) in [5.41, 5.74) is 1.75. The molecule has 0 saturated carbocycles. The highest BCUT2D eigenvalue weighted by atomic mass is 127. The fourth-order valence-electron chi connectivity index (χ4n) is 1.57. The quantitative estimate of drug-likeness (QED) is 0.649. The third kappa shape index (κ3) is 3.14. The standard InChI is InChI=1S/C10H11FO.C2H6.HI/c1-10(2)9-5-8(11)4-3-7(9)6-12-10;1-2;/h3-5H,6H2,1-2H3;1-2H3;1H. The number of fused-ring (bicyclic) bond motifs is 1. The number of ether oxygens (including phenoxy) is 1. The van der Waals surface area contributed by atoms with Crippen LogP contribution in [0.5, 0.6) is 0 Å². The SMILES string of the molecule is CC.CC1(C)OCc2ccc(F)cc21.I. The topological polar surface area (TPSA) is 9.23 Å². The summed E-state index contributed by atoms with van der Waals surface area (Å²) in [6.45, 7) is 8.51. The summed E-state index contributed by atoms with van der Waals surface area (Å²) in [4.78, 5) is 0. The predicted molar refractivity (Wildman–Crippen MR) is 71.0 cm³/mol. The van der Waals surface area contributed by atoms with Gasteiger partial charge >= 0.3 is 0 Å². The van der Waals surface area contributed by atoms with E-state index in [0.29, 0.717) is 6.61 Å².